The van der Waals surface area contributed by atoms with Gasteiger partial charge >= 0.3 is 0 Å². The van der Waals surface area contributed by atoms with Gasteiger partial charge in [0.2, 0.25) is 0 Å². The highest BCUT2D eigenvalue weighted by Crippen LogP contribution is 2.14. The normalized spacial score (nSPS) is 14.2. The summed E-state index contributed by atoms with van der Waals surface area (Å²) in [4.78, 5) is 0. The summed E-state index contributed by atoms with van der Waals surface area (Å²) in [6.45, 7) is 14.0. The zero-order valence-corrected chi connectivity index (χ0v) is 14.6. The quantitative estimate of drug-likeness (QED) is 0.489. The smallest absolute Gasteiger partial charge is 0.292 e. The molecule has 0 fully saturated rings. The Morgan fingerprint density at radius 2 is 1.05 bits per heavy atom. The van der Waals surface area contributed by atoms with E-state index >= 15 is 0 Å². The van der Waals surface area contributed by atoms with Crippen LogP contribution in [0.15, 0.2) is 0 Å². The first-order valence-electron chi connectivity index (χ1n) is 7.95. The summed E-state index contributed by atoms with van der Waals surface area (Å²) < 4.78 is 12.0. The van der Waals surface area contributed by atoms with Crippen molar-refractivity contribution in [2.45, 2.75) is 79.0 Å². The summed E-state index contributed by atoms with van der Waals surface area (Å²) in [5, 5.41) is 0. The van der Waals surface area contributed by atoms with Crippen LogP contribution in [0.2, 0.25) is 25.3 Å². The molecule has 112 valence electrons. The Hall–Kier alpha value is 0.400. The highest BCUT2D eigenvalue weighted by Gasteiger charge is 2.16. The molecule has 0 spiro atoms. The zero-order valence-electron chi connectivity index (χ0n) is 13.8. The summed E-state index contributed by atoms with van der Waals surface area (Å²) >= 11 is 1.95. The SMILES string of the molecule is CCB(CC)OC(C)CSCC(C)OB(CC)CC. The molecule has 0 aliphatic heterocycles. The van der Waals surface area contributed by atoms with Gasteiger partial charge in [-0.25, -0.2) is 0 Å². The van der Waals surface area contributed by atoms with Crippen molar-refractivity contribution in [3.8, 4) is 0 Å². The van der Waals surface area contributed by atoms with Crippen LogP contribution < -0.4 is 0 Å². The molecule has 0 aromatic carbocycles. The highest BCUT2D eigenvalue weighted by atomic mass is 32.2. The van der Waals surface area contributed by atoms with Crippen molar-refractivity contribution >= 4 is 25.6 Å². The van der Waals surface area contributed by atoms with E-state index in [-0.39, 0.29) is 0 Å². The fourth-order valence-corrected chi connectivity index (χ4v) is 3.05. The molecule has 0 aromatic rings. The Kier molecular flexibility index (Phi) is 12.4. The van der Waals surface area contributed by atoms with Crippen LogP contribution in [0.3, 0.4) is 0 Å². The van der Waals surface area contributed by atoms with Gasteiger partial charge in [-0.15, -0.1) is 0 Å². The van der Waals surface area contributed by atoms with Crippen molar-refractivity contribution in [2.75, 3.05) is 11.5 Å². The number of hydrogen-bond acceptors (Lipinski definition) is 3. The largest absolute Gasteiger partial charge is 0.433 e. The lowest BCUT2D eigenvalue weighted by molar-refractivity contribution is 0.241. The molecule has 0 aromatic heterocycles. The lowest BCUT2D eigenvalue weighted by Gasteiger charge is -2.20. The predicted molar refractivity (Wildman–Crippen MR) is 91.9 cm³/mol. The minimum atomic E-state index is 0.343. The molecule has 0 radical (unpaired) electrons. The number of hydrogen-bond donors (Lipinski definition) is 0. The van der Waals surface area contributed by atoms with Crippen LogP contribution in [0.4, 0.5) is 0 Å². The second-order valence-electron chi connectivity index (χ2n) is 5.31. The predicted octanol–water partition coefficient (Wildman–Crippen LogP) is 4.59. The van der Waals surface area contributed by atoms with Crippen LogP contribution in [0.1, 0.15) is 41.5 Å². The standard InChI is InChI=1S/C14H32B2O2S/c1-7-15(8-2)17-13(5)11-19-12-14(6)18-16(9-3)10-4/h13-14H,7-12H2,1-6H3. The Labute approximate surface area is 126 Å². The van der Waals surface area contributed by atoms with Crippen molar-refractivity contribution < 1.29 is 9.31 Å². The van der Waals surface area contributed by atoms with Crippen LogP contribution in [-0.2, 0) is 9.31 Å². The Morgan fingerprint density at radius 3 is 1.32 bits per heavy atom. The molecule has 2 nitrogen and oxygen atoms in total. The van der Waals surface area contributed by atoms with E-state index in [0.29, 0.717) is 26.0 Å². The third-order valence-corrected chi connectivity index (χ3v) is 4.79. The van der Waals surface area contributed by atoms with Gasteiger partial charge in [0.15, 0.2) is 0 Å². The molecular weight excluding hydrogens is 254 g/mol. The fraction of sp³-hybridized carbons (Fsp3) is 1.00. The molecular formula is C14H32B2O2S. The van der Waals surface area contributed by atoms with Crippen molar-refractivity contribution in [2.24, 2.45) is 0 Å². The van der Waals surface area contributed by atoms with Crippen molar-refractivity contribution in [1.82, 2.24) is 0 Å². The molecule has 0 amide bonds. The molecule has 0 saturated carbocycles. The topological polar surface area (TPSA) is 18.5 Å². The first-order valence-corrected chi connectivity index (χ1v) is 9.11. The average Bonchev–Trinajstić information content (AvgIpc) is 2.42. The fourth-order valence-electron chi connectivity index (χ4n) is 2.10. The minimum absolute atomic E-state index is 0.343. The number of thioether (sulfide) groups is 1. The third kappa shape index (κ3) is 9.86. The summed E-state index contributed by atoms with van der Waals surface area (Å²) in [6, 6.07) is 0. The summed E-state index contributed by atoms with van der Waals surface area (Å²) in [7, 11) is 0. The monoisotopic (exact) mass is 286 g/mol. The van der Waals surface area contributed by atoms with Gasteiger partial charge in [-0.1, -0.05) is 53.0 Å². The zero-order chi connectivity index (χ0) is 14.7. The summed E-state index contributed by atoms with van der Waals surface area (Å²) in [5.41, 5.74) is 0. The molecule has 19 heavy (non-hydrogen) atoms. The van der Waals surface area contributed by atoms with E-state index in [0.717, 1.165) is 36.8 Å². The Balaban J connectivity index is 3.71. The van der Waals surface area contributed by atoms with Crippen LogP contribution in [-0.4, -0.2) is 37.5 Å². The van der Waals surface area contributed by atoms with E-state index in [1.54, 1.807) is 0 Å². The van der Waals surface area contributed by atoms with E-state index in [1.165, 1.54) is 0 Å². The average molecular weight is 286 g/mol. The molecule has 0 rings (SSSR count). The van der Waals surface area contributed by atoms with Gasteiger partial charge in [-0.05, 0) is 13.8 Å². The van der Waals surface area contributed by atoms with Gasteiger partial charge in [-0.2, -0.15) is 11.8 Å². The molecule has 0 heterocycles. The van der Waals surface area contributed by atoms with E-state index in [2.05, 4.69) is 41.5 Å². The lowest BCUT2D eigenvalue weighted by atomic mass is 9.62. The second kappa shape index (κ2) is 12.2. The molecule has 2 unspecified atom stereocenters. The maximum absolute atomic E-state index is 5.99. The molecule has 0 aliphatic rings. The van der Waals surface area contributed by atoms with Crippen LogP contribution in [0, 0.1) is 0 Å². The van der Waals surface area contributed by atoms with E-state index in [4.69, 9.17) is 9.31 Å². The van der Waals surface area contributed by atoms with Gasteiger partial charge in [0.05, 0.1) is 0 Å². The van der Waals surface area contributed by atoms with E-state index < -0.39 is 0 Å². The first kappa shape index (κ1) is 19.4. The molecule has 0 saturated heterocycles. The molecule has 2 atom stereocenters. The van der Waals surface area contributed by atoms with Gasteiger partial charge in [0.1, 0.15) is 0 Å². The summed E-state index contributed by atoms with van der Waals surface area (Å²) in [5.74, 6) is 2.13. The van der Waals surface area contributed by atoms with Crippen LogP contribution in [0.5, 0.6) is 0 Å². The van der Waals surface area contributed by atoms with Gasteiger partial charge in [-0.3, -0.25) is 0 Å². The molecule has 0 N–H and O–H groups in total. The van der Waals surface area contributed by atoms with Crippen molar-refractivity contribution in [1.29, 1.82) is 0 Å². The third-order valence-electron chi connectivity index (χ3n) is 3.38. The van der Waals surface area contributed by atoms with Crippen LogP contribution >= 0.6 is 11.8 Å². The van der Waals surface area contributed by atoms with E-state index in [9.17, 15) is 0 Å². The molecule has 0 aliphatic carbocycles. The van der Waals surface area contributed by atoms with Gasteiger partial charge < -0.3 is 9.31 Å². The Bertz CT molecular complexity index is 180. The highest BCUT2D eigenvalue weighted by molar-refractivity contribution is 7.99. The van der Waals surface area contributed by atoms with Crippen LogP contribution in [0.25, 0.3) is 0 Å². The maximum atomic E-state index is 5.99. The second-order valence-corrected chi connectivity index (χ2v) is 6.38. The maximum Gasteiger partial charge on any atom is 0.292 e. The van der Waals surface area contributed by atoms with E-state index in [1.807, 2.05) is 11.8 Å². The first-order chi connectivity index (χ1) is 9.07. The Morgan fingerprint density at radius 1 is 0.737 bits per heavy atom. The van der Waals surface area contributed by atoms with Crippen molar-refractivity contribution in [3.05, 3.63) is 0 Å². The van der Waals surface area contributed by atoms with Crippen molar-refractivity contribution in [3.63, 3.8) is 0 Å². The number of rotatable bonds is 12. The van der Waals surface area contributed by atoms with Gasteiger partial charge in [0.25, 0.3) is 13.8 Å². The minimum Gasteiger partial charge on any atom is -0.433 e. The molecule has 0 bridgehead atoms. The summed E-state index contributed by atoms with van der Waals surface area (Å²) in [6.07, 6.45) is 5.13. The van der Waals surface area contributed by atoms with Gasteiger partial charge in [0, 0.05) is 23.7 Å². The lowest BCUT2D eigenvalue weighted by Crippen LogP contribution is -2.26. The molecule has 5 heteroatoms.